The molecule has 3 N–H and O–H groups in total. The van der Waals surface area contributed by atoms with Gasteiger partial charge in [-0.3, -0.25) is 0 Å². The van der Waals surface area contributed by atoms with Crippen LogP contribution < -0.4 is 11.1 Å². The fourth-order valence-corrected chi connectivity index (χ4v) is 3.04. The van der Waals surface area contributed by atoms with E-state index in [1.807, 2.05) is 0 Å². The van der Waals surface area contributed by atoms with Gasteiger partial charge in [-0.1, -0.05) is 0 Å². The van der Waals surface area contributed by atoms with Gasteiger partial charge in [0.1, 0.15) is 11.1 Å². The molecule has 0 aromatic carbocycles. The van der Waals surface area contributed by atoms with E-state index in [0.29, 0.717) is 10.6 Å². The van der Waals surface area contributed by atoms with E-state index >= 15 is 0 Å². The number of nitrogen functional groups attached to an aromatic ring is 1. The Morgan fingerprint density at radius 1 is 1.57 bits per heavy atom. The van der Waals surface area contributed by atoms with Crippen LogP contribution in [0.1, 0.15) is 29.9 Å². The molecule has 0 amide bonds. The highest BCUT2D eigenvalue weighted by atomic mass is 32.1. The molecule has 2 heterocycles. The van der Waals surface area contributed by atoms with Crippen LogP contribution in [0.2, 0.25) is 0 Å². The highest BCUT2D eigenvalue weighted by Gasteiger charge is 2.28. The Kier molecular flexibility index (Phi) is 2.02. The van der Waals surface area contributed by atoms with Crippen molar-refractivity contribution < 1.29 is 0 Å². The maximum Gasteiger partial charge on any atom is 0.104 e. The molecule has 0 atom stereocenters. The first kappa shape index (κ1) is 9.50. The maximum atomic E-state index is 8.94. The minimum Gasteiger partial charge on any atom is -0.389 e. The van der Waals surface area contributed by atoms with Gasteiger partial charge < -0.3 is 11.1 Å². The third-order valence-electron chi connectivity index (χ3n) is 2.58. The van der Waals surface area contributed by atoms with Crippen molar-refractivity contribution in [2.45, 2.75) is 32.4 Å². The van der Waals surface area contributed by atoms with Crippen LogP contribution in [0.4, 0.5) is 5.00 Å². The van der Waals surface area contributed by atoms with Crippen molar-refractivity contribution in [1.29, 1.82) is 5.26 Å². The first-order chi connectivity index (χ1) is 6.53. The van der Waals surface area contributed by atoms with Crippen LogP contribution in [-0.2, 0) is 13.0 Å². The largest absolute Gasteiger partial charge is 0.389 e. The molecule has 0 spiro atoms. The first-order valence-electron chi connectivity index (χ1n) is 4.58. The van der Waals surface area contributed by atoms with Gasteiger partial charge in [0.05, 0.1) is 5.56 Å². The van der Waals surface area contributed by atoms with Gasteiger partial charge in [-0.05, 0) is 25.8 Å². The molecule has 1 aromatic heterocycles. The summed E-state index contributed by atoms with van der Waals surface area (Å²) in [7, 11) is 0. The molecule has 14 heavy (non-hydrogen) atoms. The maximum absolute atomic E-state index is 8.94. The Morgan fingerprint density at radius 3 is 2.93 bits per heavy atom. The molecular weight excluding hydrogens is 194 g/mol. The molecule has 0 fully saturated rings. The van der Waals surface area contributed by atoms with Gasteiger partial charge in [0.25, 0.3) is 0 Å². The number of hydrogen-bond donors (Lipinski definition) is 2. The molecule has 0 saturated heterocycles. The number of nitriles is 1. The molecule has 1 aromatic rings. The number of nitrogens with one attached hydrogen (secondary N) is 1. The molecule has 0 unspecified atom stereocenters. The van der Waals surface area contributed by atoms with Gasteiger partial charge in [-0.25, -0.2) is 0 Å². The zero-order valence-corrected chi connectivity index (χ0v) is 9.16. The summed E-state index contributed by atoms with van der Waals surface area (Å²) in [4.78, 5) is 1.27. The van der Waals surface area contributed by atoms with Crippen LogP contribution in [0.15, 0.2) is 0 Å². The van der Waals surface area contributed by atoms with Crippen molar-refractivity contribution in [3.05, 3.63) is 16.0 Å². The Balaban J connectivity index is 2.48. The second kappa shape index (κ2) is 2.97. The predicted octanol–water partition coefficient (Wildman–Crippen LogP) is 1.63. The zero-order chi connectivity index (χ0) is 10.3. The lowest BCUT2D eigenvalue weighted by Gasteiger charge is -2.30. The number of anilines is 1. The molecule has 0 radical (unpaired) electrons. The second-order valence-electron chi connectivity index (χ2n) is 4.27. The Morgan fingerprint density at radius 2 is 2.29 bits per heavy atom. The standard InChI is InChI=1S/C10H13N3S/c1-10(2)3-8-7(5-13-10)6(4-11)9(12)14-8/h13H,3,5,12H2,1-2H3. The molecule has 0 aliphatic carbocycles. The molecule has 1 aliphatic heterocycles. The van der Waals surface area contributed by atoms with E-state index in [2.05, 4.69) is 25.2 Å². The quantitative estimate of drug-likeness (QED) is 0.679. The fraction of sp³-hybridized carbons (Fsp3) is 0.500. The molecule has 3 nitrogen and oxygen atoms in total. The lowest BCUT2D eigenvalue weighted by molar-refractivity contribution is 0.366. The summed E-state index contributed by atoms with van der Waals surface area (Å²) < 4.78 is 0. The van der Waals surface area contributed by atoms with Crippen molar-refractivity contribution >= 4 is 16.3 Å². The predicted molar refractivity (Wildman–Crippen MR) is 58.1 cm³/mol. The minimum atomic E-state index is 0.122. The second-order valence-corrected chi connectivity index (χ2v) is 5.41. The van der Waals surface area contributed by atoms with Gasteiger partial charge in [0.2, 0.25) is 0 Å². The van der Waals surface area contributed by atoms with E-state index in [-0.39, 0.29) is 5.54 Å². The first-order valence-corrected chi connectivity index (χ1v) is 5.40. The average molecular weight is 207 g/mol. The van der Waals surface area contributed by atoms with E-state index in [9.17, 15) is 0 Å². The smallest absolute Gasteiger partial charge is 0.104 e. The molecule has 2 rings (SSSR count). The summed E-state index contributed by atoms with van der Waals surface area (Å²) in [5.41, 5.74) is 7.69. The Labute approximate surface area is 87.5 Å². The number of hydrogen-bond acceptors (Lipinski definition) is 4. The number of nitrogens with two attached hydrogens (primary N) is 1. The molecule has 74 valence electrons. The number of rotatable bonds is 0. The van der Waals surface area contributed by atoms with Crippen LogP contribution in [0, 0.1) is 11.3 Å². The summed E-state index contributed by atoms with van der Waals surface area (Å²) >= 11 is 1.56. The summed E-state index contributed by atoms with van der Waals surface area (Å²) in [5.74, 6) is 0. The van der Waals surface area contributed by atoms with Crippen molar-refractivity contribution in [2.75, 3.05) is 5.73 Å². The molecular formula is C10H13N3S. The third-order valence-corrected chi connectivity index (χ3v) is 3.64. The molecule has 1 aliphatic rings. The van der Waals surface area contributed by atoms with Crippen LogP contribution in [0.5, 0.6) is 0 Å². The topological polar surface area (TPSA) is 61.8 Å². The highest BCUT2D eigenvalue weighted by Crippen LogP contribution is 2.35. The summed E-state index contributed by atoms with van der Waals surface area (Å²) in [6, 6.07) is 2.18. The summed E-state index contributed by atoms with van der Waals surface area (Å²) in [6.07, 6.45) is 0.957. The Bertz CT molecular complexity index is 412. The summed E-state index contributed by atoms with van der Waals surface area (Å²) in [5, 5.41) is 13.0. The number of fused-ring (bicyclic) bond motifs is 1. The van der Waals surface area contributed by atoms with Crippen molar-refractivity contribution in [1.82, 2.24) is 5.32 Å². The van der Waals surface area contributed by atoms with Crippen LogP contribution in [0.3, 0.4) is 0 Å². The monoisotopic (exact) mass is 207 g/mol. The fourth-order valence-electron chi connectivity index (χ4n) is 1.78. The number of thiophene rings is 1. The van der Waals surface area contributed by atoms with Crippen molar-refractivity contribution in [3.8, 4) is 6.07 Å². The zero-order valence-electron chi connectivity index (χ0n) is 8.35. The van der Waals surface area contributed by atoms with Crippen LogP contribution in [-0.4, -0.2) is 5.54 Å². The van der Waals surface area contributed by atoms with E-state index < -0.39 is 0 Å². The van der Waals surface area contributed by atoms with Crippen molar-refractivity contribution in [3.63, 3.8) is 0 Å². The lowest BCUT2D eigenvalue weighted by Crippen LogP contribution is -2.44. The molecule has 4 heteroatoms. The van der Waals surface area contributed by atoms with E-state index in [1.165, 1.54) is 4.88 Å². The van der Waals surface area contributed by atoms with Crippen LogP contribution in [0.25, 0.3) is 0 Å². The number of nitrogens with zero attached hydrogens (tertiary/aromatic N) is 1. The SMILES string of the molecule is CC1(C)Cc2sc(N)c(C#N)c2CN1. The average Bonchev–Trinajstić information content (AvgIpc) is 2.37. The van der Waals surface area contributed by atoms with Crippen molar-refractivity contribution in [2.24, 2.45) is 0 Å². The van der Waals surface area contributed by atoms with Gasteiger partial charge >= 0.3 is 0 Å². The van der Waals surface area contributed by atoms with E-state index in [4.69, 9.17) is 11.0 Å². The minimum absolute atomic E-state index is 0.122. The van der Waals surface area contributed by atoms with Gasteiger partial charge in [-0.15, -0.1) is 11.3 Å². The van der Waals surface area contributed by atoms with E-state index in [1.54, 1.807) is 11.3 Å². The van der Waals surface area contributed by atoms with Gasteiger partial charge in [-0.2, -0.15) is 5.26 Å². The van der Waals surface area contributed by atoms with E-state index in [0.717, 1.165) is 18.5 Å². The highest BCUT2D eigenvalue weighted by molar-refractivity contribution is 7.16. The molecule has 0 bridgehead atoms. The summed E-state index contributed by atoms with van der Waals surface area (Å²) in [6.45, 7) is 5.09. The molecule has 0 saturated carbocycles. The Hall–Kier alpha value is -1.05. The lowest BCUT2D eigenvalue weighted by atomic mass is 9.92. The van der Waals surface area contributed by atoms with Gasteiger partial charge in [0.15, 0.2) is 0 Å². The van der Waals surface area contributed by atoms with Gasteiger partial charge in [0, 0.05) is 17.0 Å². The third kappa shape index (κ3) is 1.39. The van der Waals surface area contributed by atoms with Crippen LogP contribution >= 0.6 is 11.3 Å². The normalized spacial score (nSPS) is 18.6.